The van der Waals surface area contributed by atoms with E-state index in [0.717, 1.165) is 43.6 Å². The van der Waals surface area contributed by atoms with Crippen LogP contribution in [-0.2, 0) is 17.8 Å². The van der Waals surface area contributed by atoms with Gasteiger partial charge in [0.05, 0.1) is 6.61 Å². The van der Waals surface area contributed by atoms with Gasteiger partial charge in [0.15, 0.2) is 5.16 Å². The van der Waals surface area contributed by atoms with Gasteiger partial charge in [0.25, 0.3) is 5.56 Å². The summed E-state index contributed by atoms with van der Waals surface area (Å²) < 4.78 is 5.70. The summed E-state index contributed by atoms with van der Waals surface area (Å²) in [6, 6.07) is 14.1. The van der Waals surface area contributed by atoms with Crippen LogP contribution in [0.15, 0.2) is 71.0 Å². The molecule has 6 heteroatoms. The van der Waals surface area contributed by atoms with E-state index in [0.29, 0.717) is 23.7 Å². The third kappa shape index (κ3) is 7.83. The molecule has 0 amide bonds. The number of nitrogens with one attached hydrogen (secondary N) is 1. The Balaban J connectivity index is 1.27. The van der Waals surface area contributed by atoms with Crippen LogP contribution in [0, 0.1) is 0 Å². The zero-order chi connectivity index (χ0) is 20.2. The minimum atomic E-state index is -0.0603. The van der Waals surface area contributed by atoms with Crippen LogP contribution in [0.2, 0.25) is 0 Å². The first-order valence-electron chi connectivity index (χ1n) is 10.0. The molecule has 0 aliphatic heterocycles. The van der Waals surface area contributed by atoms with Gasteiger partial charge in [0.2, 0.25) is 0 Å². The Morgan fingerprint density at radius 3 is 2.52 bits per heavy atom. The second-order valence-electron chi connectivity index (χ2n) is 6.88. The number of hydrogen-bond donors (Lipinski definition) is 1. The van der Waals surface area contributed by atoms with Crippen molar-refractivity contribution in [1.82, 2.24) is 15.0 Å². The predicted molar refractivity (Wildman–Crippen MR) is 117 cm³/mol. The molecule has 0 atom stereocenters. The molecule has 0 saturated heterocycles. The van der Waals surface area contributed by atoms with Crippen molar-refractivity contribution in [3.63, 3.8) is 0 Å². The molecular weight excluding hydrogens is 382 g/mol. The molecule has 0 radical (unpaired) electrons. The summed E-state index contributed by atoms with van der Waals surface area (Å²) >= 11 is 1.61. The number of pyridine rings is 1. The first-order chi connectivity index (χ1) is 14.3. The van der Waals surface area contributed by atoms with Gasteiger partial charge >= 0.3 is 0 Å². The van der Waals surface area contributed by atoms with Crippen molar-refractivity contribution >= 4 is 11.8 Å². The lowest BCUT2D eigenvalue weighted by atomic mass is 10.1. The minimum Gasteiger partial charge on any atom is -0.377 e. The third-order valence-electron chi connectivity index (χ3n) is 4.53. The quantitative estimate of drug-likeness (QED) is 0.268. The Morgan fingerprint density at radius 1 is 0.931 bits per heavy atom. The number of rotatable bonds is 12. The van der Waals surface area contributed by atoms with Crippen molar-refractivity contribution in [1.29, 1.82) is 0 Å². The fraction of sp³-hybridized carbons (Fsp3) is 0.348. The lowest BCUT2D eigenvalue weighted by Crippen LogP contribution is -2.14. The lowest BCUT2D eigenvalue weighted by molar-refractivity contribution is 0.117. The SMILES string of the molecule is O=c1[nH]c(SCCCCCCOCc2ccccc2)ncc1Cc1ccncc1. The van der Waals surface area contributed by atoms with Gasteiger partial charge in [-0.3, -0.25) is 9.78 Å². The molecule has 152 valence electrons. The van der Waals surface area contributed by atoms with Gasteiger partial charge in [0.1, 0.15) is 0 Å². The highest BCUT2D eigenvalue weighted by Crippen LogP contribution is 2.15. The van der Waals surface area contributed by atoms with Gasteiger partial charge < -0.3 is 9.72 Å². The van der Waals surface area contributed by atoms with Gasteiger partial charge in [-0.15, -0.1) is 0 Å². The van der Waals surface area contributed by atoms with Crippen molar-refractivity contribution in [3.05, 3.63) is 88.1 Å². The zero-order valence-electron chi connectivity index (χ0n) is 16.5. The third-order valence-corrected chi connectivity index (χ3v) is 5.50. The number of H-pyrrole nitrogens is 1. The first kappa shape index (κ1) is 21.3. The minimum absolute atomic E-state index is 0.0603. The van der Waals surface area contributed by atoms with Gasteiger partial charge in [-0.1, -0.05) is 54.9 Å². The maximum absolute atomic E-state index is 12.2. The molecule has 5 nitrogen and oxygen atoms in total. The fourth-order valence-electron chi connectivity index (χ4n) is 2.92. The molecule has 1 aromatic carbocycles. The van der Waals surface area contributed by atoms with Gasteiger partial charge in [-0.2, -0.15) is 0 Å². The molecule has 29 heavy (non-hydrogen) atoms. The summed E-state index contributed by atoms with van der Waals surface area (Å²) in [6.45, 7) is 1.49. The average Bonchev–Trinajstić information content (AvgIpc) is 2.76. The highest BCUT2D eigenvalue weighted by Gasteiger charge is 2.05. The number of aromatic nitrogens is 3. The van der Waals surface area contributed by atoms with Crippen molar-refractivity contribution in [2.75, 3.05) is 12.4 Å². The second kappa shape index (κ2) is 12.2. The topological polar surface area (TPSA) is 67.9 Å². The number of ether oxygens (including phenoxy) is 1. The largest absolute Gasteiger partial charge is 0.377 e. The normalized spacial score (nSPS) is 10.9. The van der Waals surface area contributed by atoms with Crippen LogP contribution in [0.4, 0.5) is 0 Å². The lowest BCUT2D eigenvalue weighted by Gasteiger charge is -2.05. The van der Waals surface area contributed by atoms with Gasteiger partial charge in [0, 0.05) is 42.9 Å². The Labute approximate surface area is 176 Å². The Hall–Kier alpha value is -2.44. The van der Waals surface area contributed by atoms with E-state index in [1.165, 1.54) is 5.56 Å². The number of benzene rings is 1. The summed E-state index contributed by atoms with van der Waals surface area (Å²) in [5, 5.41) is 0.694. The first-order valence-corrected chi connectivity index (χ1v) is 11.0. The van der Waals surface area contributed by atoms with E-state index in [9.17, 15) is 4.79 Å². The summed E-state index contributed by atoms with van der Waals surface area (Å²) in [5.41, 5.74) is 2.89. The van der Waals surface area contributed by atoms with Crippen LogP contribution in [0.1, 0.15) is 42.4 Å². The maximum Gasteiger partial charge on any atom is 0.255 e. The van der Waals surface area contributed by atoms with Crippen molar-refractivity contribution in [3.8, 4) is 0 Å². The summed E-state index contributed by atoms with van der Waals surface area (Å²) in [7, 11) is 0. The Bertz CT molecular complexity index is 901. The monoisotopic (exact) mass is 409 g/mol. The standard InChI is InChI=1S/C23H27N3O2S/c27-22-21(16-19-10-12-24-13-11-19)17-25-23(26-22)29-15-7-2-1-6-14-28-18-20-8-4-3-5-9-20/h3-5,8-13,17H,1-2,6-7,14-16,18H2,(H,25,26,27). The van der Waals surface area contributed by atoms with Gasteiger partial charge in [-0.25, -0.2) is 4.98 Å². The fourth-order valence-corrected chi connectivity index (χ4v) is 3.75. The van der Waals surface area contributed by atoms with E-state index in [-0.39, 0.29) is 5.56 Å². The van der Waals surface area contributed by atoms with E-state index in [2.05, 4.69) is 27.1 Å². The van der Waals surface area contributed by atoms with Gasteiger partial charge in [-0.05, 0) is 36.1 Å². The number of hydrogen-bond acceptors (Lipinski definition) is 5. The highest BCUT2D eigenvalue weighted by molar-refractivity contribution is 7.99. The number of aromatic amines is 1. The smallest absolute Gasteiger partial charge is 0.255 e. The highest BCUT2D eigenvalue weighted by atomic mass is 32.2. The number of nitrogens with zero attached hydrogens (tertiary/aromatic N) is 2. The molecule has 0 bridgehead atoms. The molecule has 0 saturated carbocycles. The Morgan fingerprint density at radius 2 is 1.72 bits per heavy atom. The van der Waals surface area contributed by atoms with Crippen LogP contribution in [0.5, 0.6) is 0 Å². The summed E-state index contributed by atoms with van der Waals surface area (Å²) in [5.74, 6) is 0.956. The van der Waals surface area contributed by atoms with Crippen molar-refractivity contribution < 1.29 is 4.74 Å². The van der Waals surface area contributed by atoms with Crippen LogP contribution >= 0.6 is 11.8 Å². The molecule has 0 aliphatic carbocycles. The van der Waals surface area contributed by atoms with Crippen molar-refractivity contribution in [2.24, 2.45) is 0 Å². The maximum atomic E-state index is 12.2. The molecule has 2 heterocycles. The summed E-state index contributed by atoms with van der Waals surface area (Å²) in [4.78, 5) is 23.5. The Kier molecular flexibility index (Phi) is 8.94. The average molecular weight is 410 g/mol. The van der Waals surface area contributed by atoms with E-state index in [1.807, 2.05) is 30.3 Å². The molecule has 3 aromatic rings. The van der Waals surface area contributed by atoms with E-state index >= 15 is 0 Å². The molecule has 0 fully saturated rings. The van der Waals surface area contributed by atoms with E-state index in [1.54, 1.807) is 30.4 Å². The van der Waals surface area contributed by atoms with Crippen LogP contribution in [0.25, 0.3) is 0 Å². The van der Waals surface area contributed by atoms with Crippen LogP contribution in [-0.4, -0.2) is 27.3 Å². The van der Waals surface area contributed by atoms with Crippen molar-refractivity contribution in [2.45, 2.75) is 43.9 Å². The van der Waals surface area contributed by atoms with E-state index < -0.39 is 0 Å². The molecule has 3 rings (SSSR count). The second-order valence-corrected chi connectivity index (χ2v) is 7.96. The number of thioether (sulfide) groups is 1. The molecule has 2 aromatic heterocycles. The number of unbranched alkanes of at least 4 members (excludes halogenated alkanes) is 3. The molecule has 0 unspecified atom stereocenters. The van der Waals surface area contributed by atoms with Crippen LogP contribution in [0.3, 0.4) is 0 Å². The van der Waals surface area contributed by atoms with E-state index in [4.69, 9.17) is 4.74 Å². The zero-order valence-corrected chi connectivity index (χ0v) is 17.4. The molecular formula is C23H27N3O2S. The molecule has 0 aliphatic rings. The molecule has 1 N–H and O–H groups in total. The predicted octanol–water partition coefficient (Wildman–Crippen LogP) is 4.63. The molecule has 0 spiro atoms. The van der Waals surface area contributed by atoms with Crippen LogP contribution < -0.4 is 5.56 Å². The summed E-state index contributed by atoms with van der Waals surface area (Å²) in [6.07, 6.45) is 10.2.